The van der Waals surface area contributed by atoms with Crippen molar-refractivity contribution >= 4 is 0 Å². The van der Waals surface area contributed by atoms with Crippen molar-refractivity contribution in [2.75, 3.05) is 0 Å². The predicted molar refractivity (Wildman–Crippen MR) is 86.1 cm³/mol. The molecule has 2 saturated carbocycles. The van der Waals surface area contributed by atoms with E-state index in [2.05, 4.69) is 6.07 Å². The highest BCUT2D eigenvalue weighted by Crippen LogP contribution is 2.48. The van der Waals surface area contributed by atoms with Crippen LogP contribution in [0.3, 0.4) is 0 Å². The van der Waals surface area contributed by atoms with Gasteiger partial charge in [0.15, 0.2) is 0 Å². The van der Waals surface area contributed by atoms with Gasteiger partial charge in [0.25, 0.3) is 0 Å². The van der Waals surface area contributed by atoms with Crippen molar-refractivity contribution in [1.29, 1.82) is 5.26 Å². The molecule has 0 atom stereocenters. The fourth-order valence-corrected chi connectivity index (χ4v) is 3.40. The normalized spacial score (nSPS) is 20.4. The number of benzene rings is 2. The number of nitrogens with zero attached hydrogens (tertiary/aromatic N) is 1. The lowest BCUT2D eigenvalue weighted by Gasteiger charge is -2.37. The third-order valence-electron chi connectivity index (χ3n) is 5.40. The van der Waals surface area contributed by atoms with E-state index in [9.17, 15) is 14.8 Å². The average molecular weight is 307 g/mol. The lowest BCUT2D eigenvalue weighted by molar-refractivity contribution is -0.0387. The molecule has 1 N–H and O–H groups in total. The topological polar surface area (TPSA) is 44.0 Å². The third kappa shape index (κ3) is 2.26. The van der Waals surface area contributed by atoms with Crippen LogP contribution in [-0.2, 0) is 11.0 Å². The van der Waals surface area contributed by atoms with Crippen LogP contribution in [0.15, 0.2) is 42.5 Å². The summed E-state index contributed by atoms with van der Waals surface area (Å²) < 4.78 is 14.5. The molecule has 116 valence electrons. The van der Waals surface area contributed by atoms with Crippen LogP contribution in [0.1, 0.15) is 43.2 Å². The summed E-state index contributed by atoms with van der Waals surface area (Å²) in [5.41, 5.74) is 1.87. The Labute approximate surface area is 135 Å². The van der Waals surface area contributed by atoms with Gasteiger partial charge in [-0.25, -0.2) is 4.39 Å². The van der Waals surface area contributed by atoms with Crippen LogP contribution in [0.5, 0.6) is 0 Å². The molecule has 4 rings (SSSR count). The fourth-order valence-electron chi connectivity index (χ4n) is 3.40. The predicted octanol–water partition coefficient (Wildman–Crippen LogP) is 4.42. The molecule has 0 saturated heterocycles. The first-order valence-corrected chi connectivity index (χ1v) is 8.11. The van der Waals surface area contributed by atoms with Crippen LogP contribution in [0, 0.1) is 17.1 Å². The summed E-state index contributed by atoms with van der Waals surface area (Å²) >= 11 is 0. The second kappa shape index (κ2) is 4.91. The van der Waals surface area contributed by atoms with E-state index in [0.717, 1.165) is 48.8 Å². The Balaban J connectivity index is 1.64. The largest absolute Gasteiger partial charge is 0.385 e. The van der Waals surface area contributed by atoms with Gasteiger partial charge < -0.3 is 5.11 Å². The Hall–Kier alpha value is -2.18. The highest BCUT2D eigenvalue weighted by molar-refractivity contribution is 5.65. The lowest BCUT2D eigenvalue weighted by atomic mass is 9.75. The summed E-state index contributed by atoms with van der Waals surface area (Å²) in [6, 6.07) is 14.9. The Morgan fingerprint density at radius 1 is 0.957 bits per heavy atom. The van der Waals surface area contributed by atoms with Gasteiger partial charge in [-0.05, 0) is 54.9 Å². The van der Waals surface area contributed by atoms with Crippen molar-refractivity contribution in [2.24, 2.45) is 0 Å². The van der Waals surface area contributed by atoms with Crippen molar-refractivity contribution < 1.29 is 9.50 Å². The Morgan fingerprint density at radius 3 is 2.09 bits per heavy atom. The highest BCUT2D eigenvalue weighted by Gasteiger charge is 2.45. The maximum atomic E-state index is 14.5. The van der Waals surface area contributed by atoms with Crippen LogP contribution >= 0.6 is 0 Å². The monoisotopic (exact) mass is 307 g/mol. The first kappa shape index (κ1) is 14.4. The molecule has 0 radical (unpaired) electrons. The second-order valence-electron chi connectivity index (χ2n) is 6.85. The summed E-state index contributed by atoms with van der Waals surface area (Å²) in [6.45, 7) is 0. The van der Waals surface area contributed by atoms with Gasteiger partial charge in [0.2, 0.25) is 0 Å². The molecule has 0 aliphatic heterocycles. The number of nitriles is 1. The minimum Gasteiger partial charge on any atom is -0.385 e. The Morgan fingerprint density at radius 2 is 1.61 bits per heavy atom. The van der Waals surface area contributed by atoms with Gasteiger partial charge in [0.05, 0.1) is 17.1 Å². The molecular weight excluding hydrogens is 289 g/mol. The highest BCUT2D eigenvalue weighted by atomic mass is 19.1. The van der Waals surface area contributed by atoms with E-state index < -0.39 is 11.0 Å². The van der Waals surface area contributed by atoms with Gasteiger partial charge >= 0.3 is 0 Å². The molecule has 0 bridgehead atoms. The minimum absolute atomic E-state index is 0.292. The fraction of sp³-hybridized carbons (Fsp3) is 0.350. The Kier molecular flexibility index (Phi) is 3.08. The summed E-state index contributed by atoms with van der Waals surface area (Å²) in [7, 11) is 0. The molecule has 2 fully saturated rings. The van der Waals surface area contributed by atoms with Crippen LogP contribution in [-0.4, -0.2) is 5.11 Å². The molecule has 0 spiro atoms. The third-order valence-corrected chi connectivity index (χ3v) is 5.40. The zero-order chi connectivity index (χ0) is 16.1. The molecule has 0 amide bonds. The van der Waals surface area contributed by atoms with E-state index in [4.69, 9.17) is 0 Å². The van der Waals surface area contributed by atoms with Crippen molar-refractivity contribution in [1.82, 2.24) is 0 Å². The Bertz CT molecular complexity index is 795. The van der Waals surface area contributed by atoms with Crippen LogP contribution in [0.25, 0.3) is 11.1 Å². The molecule has 2 aromatic rings. The standard InChI is InChI=1S/C20H18FNO/c21-18-12-16(19(13-22)10-11-19)6-7-17(18)14-2-4-15(5-3-14)20(23)8-1-9-20/h2-7,12,23H,1,8-11H2. The summed E-state index contributed by atoms with van der Waals surface area (Å²) in [4.78, 5) is 0. The van der Waals surface area contributed by atoms with Crippen molar-refractivity contribution in [3.05, 3.63) is 59.4 Å². The molecule has 23 heavy (non-hydrogen) atoms. The number of rotatable bonds is 3. The van der Waals surface area contributed by atoms with E-state index in [1.165, 1.54) is 6.07 Å². The maximum absolute atomic E-state index is 14.5. The zero-order valence-corrected chi connectivity index (χ0v) is 12.8. The lowest BCUT2D eigenvalue weighted by Crippen LogP contribution is -2.33. The van der Waals surface area contributed by atoms with Gasteiger partial charge in [-0.15, -0.1) is 0 Å². The van der Waals surface area contributed by atoms with Gasteiger partial charge in [-0.3, -0.25) is 0 Å². The molecule has 0 heterocycles. The van der Waals surface area contributed by atoms with Crippen molar-refractivity contribution in [2.45, 2.75) is 43.1 Å². The van der Waals surface area contributed by atoms with E-state index in [0.29, 0.717) is 5.56 Å². The maximum Gasteiger partial charge on any atom is 0.131 e. The molecule has 2 nitrogen and oxygen atoms in total. The second-order valence-corrected chi connectivity index (χ2v) is 6.85. The molecule has 2 aromatic carbocycles. The van der Waals surface area contributed by atoms with Gasteiger partial charge in [-0.1, -0.05) is 36.4 Å². The van der Waals surface area contributed by atoms with Crippen molar-refractivity contribution in [3.8, 4) is 17.2 Å². The molecule has 2 aliphatic rings. The molecule has 2 aliphatic carbocycles. The van der Waals surface area contributed by atoms with Gasteiger partial charge in [-0.2, -0.15) is 5.26 Å². The molecule has 0 aromatic heterocycles. The quantitative estimate of drug-likeness (QED) is 0.912. The van der Waals surface area contributed by atoms with Gasteiger partial charge in [0, 0.05) is 5.56 Å². The average Bonchev–Trinajstić information content (AvgIpc) is 3.34. The minimum atomic E-state index is -0.688. The summed E-state index contributed by atoms with van der Waals surface area (Å²) in [5.74, 6) is -0.292. The summed E-state index contributed by atoms with van der Waals surface area (Å²) in [5, 5.41) is 19.6. The van der Waals surface area contributed by atoms with E-state index >= 15 is 0 Å². The number of aliphatic hydroxyl groups is 1. The van der Waals surface area contributed by atoms with E-state index in [1.54, 1.807) is 6.07 Å². The first-order chi connectivity index (χ1) is 11.1. The smallest absolute Gasteiger partial charge is 0.131 e. The molecule has 0 unspecified atom stereocenters. The van der Waals surface area contributed by atoms with Crippen LogP contribution < -0.4 is 0 Å². The van der Waals surface area contributed by atoms with Crippen LogP contribution in [0.4, 0.5) is 4.39 Å². The zero-order valence-electron chi connectivity index (χ0n) is 12.8. The first-order valence-electron chi connectivity index (χ1n) is 8.11. The number of hydrogen-bond donors (Lipinski definition) is 1. The van der Waals surface area contributed by atoms with Crippen molar-refractivity contribution in [3.63, 3.8) is 0 Å². The SMILES string of the molecule is N#CC1(c2ccc(-c3ccc(C4(O)CCC4)cc3)c(F)c2)CC1. The summed E-state index contributed by atoms with van der Waals surface area (Å²) in [6.07, 6.45) is 4.28. The van der Waals surface area contributed by atoms with Gasteiger partial charge in [0.1, 0.15) is 5.82 Å². The molecular formula is C20H18FNO. The van der Waals surface area contributed by atoms with E-state index in [-0.39, 0.29) is 5.82 Å². The van der Waals surface area contributed by atoms with Crippen LogP contribution in [0.2, 0.25) is 0 Å². The number of halogens is 1. The molecule has 3 heteroatoms. The van der Waals surface area contributed by atoms with E-state index in [1.807, 2.05) is 30.3 Å². The number of hydrogen-bond acceptors (Lipinski definition) is 2.